The molecule has 0 aromatic heterocycles. The van der Waals surface area contributed by atoms with E-state index in [4.69, 9.17) is 10.00 Å². The smallest absolute Gasteiger partial charge is 0.238 e. The number of nitrogens with one attached hydrogen (secondary N) is 2. The van der Waals surface area contributed by atoms with Gasteiger partial charge in [-0.25, -0.2) is 0 Å². The third kappa shape index (κ3) is 5.42. The number of hydrogen-bond acceptors (Lipinski definition) is 5. The van der Waals surface area contributed by atoms with Crippen LogP contribution in [0.4, 0.5) is 5.69 Å². The number of rotatable bonds is 5. The molecule has 0 radical (unpaired) electrons. The molecule has 21 heavy (non-hydrogen) atoms. The van der Waals surface area contributed by atoms with E-state index in [0.29, 0.717) is 18.0 Å². The molecule has 0 atom stereocenters. The first-order chi connectivity index (χ1) is 10.3. The fourth-order valence-corrected chi connectivity index (χ4v) is 2.24. The van der Waals surface area contributed by atoms with E-state index in [2.05, 4.69) is 15.5 Å². The van der Waals surface area contributed by atoms with Gasteiger partial charge in [-0.1, -0.05) is 6.07 Å². The molecule has 0 saturated carbocycles. The summed E-state index contributed by atoms with van der Waals surface area (Å²) < 4.78 is 5.21. The normalized spacial score (nSPS) is 15.8. The molecule has 1 heterocycles. The lowest BCUT2D eigenvalue weighted by Crippen LogP contribution is -2.35. The van der Waals surface area contributed by atoms with E-state index >= 15 is 0 Å². The van der Waals surface area contributed by atoms with E-state index in [1.165, 1.54) is 0 Å². The highest BCUT2D eigenvalue weighted by Crippen LogP contribution is 2.17. The van der Waals surface area contributed by atoms with Crippen molar-refractivity contribution < 1.29 is 9.53 Å². The molecule has 0 unspecified atom stereocenters. The van der Waals surface area contributed by atoms with Gasteiger partial charge in [0.1, 0.15) is 11.8 Å². The van der Waals surface area contributed by atoms with Gasteiger partial charge in [-0.3, -0.25) is 9.69 Å². The van der Waals surface area contributed by atoms with Crippen LogP contribution >= 0.6 is 0 Å². The van der Waals surface area contributed by atoms with E-state index in [1.807, 2.05) is 6.07 Å². The molecule has 6 nitrogen and oxygen atoms in total. The second kappa shape index (κ2) is 8.25. The molecule has 1 fully saturated rings. The zero-order valence-corrected chi connectivity index (χ0v) is 12.0. The van der Waals surface area contributed by atoms with Crippen LogP contribution in [0, 0.1) is 11.3 Å². The van der Waals surface area contributed by atoms with E-state index < -0.39 is 0 Å². The predicted octanol–water partition coefficient (Wildman–Crippen LogP) is 0.823. The van der Waals surface area contributed by atoms with Crippen molar-refractivity contribution in [2.24, 2.45) is 0 Å². The zero-order chi connectivity index (χ0) is 14.9. The SMILES string of the molecule is N#CCOc1cccc(NC(=O)CN2CCCNCC2)c1. The molecule has 112 valence electrons. The minimum Gasteiger partial charge on any atom is -0.479 e. The summed E-state index contributed by atoms with van der Waals surface area (Å²) in [5, 5.41) is 14.7. The summed E-state index contributed by atoms with van der Waals surface area (Å²) in [6, 6.07) is 8.99. The fraction of sp³-hybridized carbons (Fsp3) is 0.467. The number of anilines is 1. The number of amides is 1. The first kappa shape index (κ1) is 15.3. The van der Waals surface area contributed by atoms with Crippen LogP contribution in [0.2, 0.25) is 0 Å². The summed E-state index contributed by atoms with van der Waals surface area (Å²) >= 11 is 0. The molecule has 1 saturated heterocycles. The third-order valence-corrected chi connectivity index (χ3v) is 3.22. The summed E-state index contributed by atoms with van der Waals surface area (Å²) in [6.45, 7) is 4.15. The van der Waals surface area contributed by atoms with Crippen molar-refractivity contribution in [1.29, 1.82) is 5.26 Å². The Kier molecular flexibility index (Phi) is 6.00. The monoisotopic (exact) mass is 288 g/mol. The number of ether oxygens (including phenoxy) is 1. The zero-order valence-electron chi connectivity index (χ0n) is 12.0. The van der Waals surface area contributed by atoms with Crippen molar-refractivity contribution >= 4 is 11.6 Å². The second-order valence-electron chi connectivity index (χ2n) is 4.90. The van der Waals surface area contributed by atoms with Crippen molar-refractivity contribution in [3.63, 3.8) is 0 Å². The Morgan fingerprint density at radius 3 is 3.19 bits per heavy atom. The maximum absolute atomic E-state index is 12.1. The Bertz CT molecular complexity index is 505. The van der Waals surface area contributed by atoms with Gasteiger partial charge in [-0.15, -0.1) is 0 Å². The van der Waals surface area contributed by atoms with Gasteiger partial charge in [0.2, 0.25) is 5.91 Å². The Hall–Kier alpha value is -2.10. The summed E-state index contributed by atoms with van der Waals surface area (Å²) in [5.74, 6) is 0.544. The summed E-state index contributed by atoms with van der Waals surface area (Å²) in [6.07, 6.45) is 1.06. The van der Waals surface area contributed by atoms with Crippen LogP contribution < -0.4 is 15.4 Å². The van der Waals surface area contributed by atoms with E-state index in [0.717, 1.165) is 32.6 Å². The maximum Gasteiger partial charge on any atom is 0.238 e. The van der Waals surface area contributed by atoms with Gasteiger partial charge in [0.05, 0.1) is 6.54 Å². The molecule has 2 rings (SSSR count). The number of carbonyl (C=O) groups excluding carboxylic acids is 1. The van der Waals surface area contributed by atoms with Gasteiger partial charge < -0.3 is 15.4 Å². The molecular weight excluding hydrogens is 268 g/mol. The fourth-order valence-electron chi connectivity index (χ4n) is 2.24. The molecule has 1 aliphatic rings. The van der Waals surface area contributed by atoms with Crippen LogP contribution in [-0.4, -0.2) is 50.1 Å². The molecule has 1 aliphatic heterocycles. The molecule has 0 aliphatic carbocycles. The molecule has 1 aromatic carbocycles. The average Bonchev–Trinajstić information content (AvgIpc) is 2.74. The van der Waals surface area contributed by atoms with Crippen LogP contribution in [0.25, 0.3) is 0 Å². The van der Waals surface area contributed by atoms with Gasteiger partial charge in [0, 0.05) is 24.8 Å². The van der Waals surface area contributed by atoms with Crippen LogP contribution in [0.5, 0.6) is 5.75 Å². The van der Waals surface area contributed by atoms with Crippen LogP contribution in [0.3, 0.4) is 0 Å². The molecule has 2 N–H and O–H groups in total. The summed E-state index contributed by atoms with van der Waals surface area (Å²) in [4.78, 5) is 14.2. The van der Waals surface area contributed by atoms with Gasteiger partial charge >= 0.3 is 0 Å². The lowest BCUT2D eigenvalue weighted by Gasteiger charge is -2.18. The Balaban J connectivity index is 1.85. The van der Waals surface area contributed by atoms with Gasteiger partial charge in [-0.05, 0) is 31.6 Å². The minimum absolute atomic E-state index is 0.00181. The third-order valence-electron chi connectivity index (χ3n) is 3.22. The standard InChI is InChI=1S/C15H20N4O2/c16-5-10-21-14-4-1-3-13(11-14)18-15(20)12-19-8-2-6-17-7-9-19/h1,3-4,11,17H,2,6-10,12H2,(H,18,20). The Morgan fingerprint density at radius 1 is 1.43 bits per heavy atom. The highest BCUT2D eigenvalue weighted by Gasteiger charge is 2.12. The number of nitriles is 1. The minimum atomic E-state index is -0.0330. The number of nitrogens with zero attached hydrogens (tertiary/aromatic N) is 2. The highest BCUT2D eigenvalue weighted by atomic mass is 16.5. The summed E-state index contributed by atoms with van der Waals surface area (Å²) in [5.41, 5.74) is 0.684. The van der Waals surface area contributed by atoms with Crippen molar-refractivity contribution in [3.05, 3.63) is 24.3 Å². The lowest BCUT2D eigenvalue weighted by molar-refractivity contribution is -0.117. The topological polar surface area (TPSA) is 77.4 Å². The maximum atomic E-state index is 12.1. The van der Waals surface area contributed by atoms with Crippen molar-refractivity contribution in [2.45, 2.75) is 6.42 Å². The molecule has 6 heteroatoms. The van der Waals surface area contributed by atoms with Gasteiger partial charge in [0.25, 0.3) is 0 Å². The highest BCUT2D eigenvalue weighted by molar-refractivity contribution is 5.92. The first-order valence-corrected chi connectivity index (χ1v) is 7.10. The van der Waals surface area contributed by atoms with E-state index in [1.54, 1.807) is 24.3 Å². The number of hydrogen-bond donors (Lipinski definition) is 2. The van der Waals surface area contributed by atoms with Crippen LogP contribution in [0.15, 0.2) is 24.3 Å². The van der Waals surface area contributed by atoms with Gasteiger partial charge in [0.15, 0.2) is 6.61 Å². The van der Waals surface area contributed by atoms with Gasteiger partial charge in [-0.2, -0.15) is 5.26 Å². The van der Waals surface area contributed by atoms with Crippen molar-refractivity contribution in [2.75, 3.05) is 44.6 Å². The van der Waals surface area contributed by atoms with Crippen LogP contribution in [0.1, 0.15) is 6.42 Å². The lowest BCUT2D eigenvalue weighted by atomic mass is 10.3. The predicted molar refractivity (Wildman–Crippen MR) is 80.1 cm³/mol. The summed E-state index contributed by atoms with van der Waals surface area (Å²) in [7, 11) is 0. The van der Waals surface area contributed by atoms with E-state index in [9.17, 15) is 4.79 Å². The molecular formula is C15H20N4O2. The molecule has 0 spiro atoms. The van der Waals surface area contributed by atoms with Crippen molar-refractivity contribution in [3.8, 4) is 11.8 Å². The quantitative estimate of drug-likeness (QED) is 0.839. The first-order valence-electron chi connectivity index (χ1n) is 7.10. The number of benzene rings is 1. The largest absolute Gasteiger partial charge is 0.479 e. The molecule has 0 bridgehead atoms. The molecule has 1 amide bonds. The number of carbonyl (C=O) groups is 1. The van der Waals surface area contributed by atoms with Crippen LogP contribution in [-0.2, 0) is 4.79 Å². The Morgan fingerprint density at radius 2 is 2.33 bits per heavy atom. The van der Waals surface area contributed by atoms with Crippen molar-refractivity contribution in [1.82, 2.24) is 10.2 Å². The second-order valence-corrected chi connectivity index (χ2v) is 4.90. The molecule has 1 aromatic rings. The van der Waals surface area contributed by atoms with E-state index in [-0.39, 0.29) is 12.5 Å². The Labute approximate surface area is 124 Å². The average molecular weight is 288 g/mol.